The van der Waals surface area contributed by atoms with Crippen molar-refractivity contribution in [2.24, 2.45) is 11.8 Å². The van der Waals surface area contributed by atoms with Crippen molar-refractivity contribution in [1.29, 1.82) is 0 Å². The number of ether oxygens (including phenoxy) is 1. The van der Waals surface area contributed by atoms with Crippen LogP contribution in [-0.4, -0.2) is 65.2 Å². The van der Waals surface area contributed by atoms with E-state index in [0.29, 0.717) is 17.8 Å². The van der Waals surface area contributed by atoms with Gasteiger partial charge in [0.15, 0.2) is 0 Å². The smallest absolute Gasteiger partial charge is 0.324 e. The molecule has 1 N–H and O–H groups in total. The molecular weight excluding hydrogens is 452 g/mol. The van der Waals surface area contributed by atoms with Crippen LogP contribution in [0.3, 0.4) is 0 Å². The molecule has 180 valence electrons. The standard InChI is InChI=1S/C24H30N6O3S/c1-32-21-4-2-19(3-5-21)22-27-24(33-28-22)30-10-7-20(8-11-30)23(31)25-12-17-6-9-29(14-17)15-18-13-26-34-16-18/h2-5,13,16-17,20H,6-12,14-15H2,1H3,(H,25,31). The average molecular weight is 483 g/mol. The number of hydrogen-bond donors (Lipinski definition) is 1. The molecule has 2 aliphatic heterocycles. The van der Waals surface area contributed by atoms with Crippen LogP contribution in [0.5, 0.6) is 5.75 Å². The van der Waals surface area contributed by atoms with E-state index in [1.807, 2.05) is 30.5 Å². The lowest BCUT2D eigenvalue weighted by atomic mass is 9.96. The SMILES string of the molecule is COc1ccc(-c2noc(N3CCC(C(=O)NCC4CCN(Cc5cnsc5)C4)CC3)n2)cc1. The topological polar surface area (TPSA) is 96.6 Å². The predicted molar refractivity (Wildman–Crippen MR) is 130 cm³/mol. The Morgan fingerprint density at radius 3 is 2.76 bits per heavy atom. The predicted octanol–water partition coefficient (Wildman–Crippen LogP) is 3.06. The lowest BCUT2D eigenvalue weighted by Gasteiger charge is -2.30. The van der Waals surface area contributed by atoms with Crippen molar-refractivity contribution in [3.05, 3.63) is 41.4 Å². The molecule has 0 bridgehead atoms. The van der Waals surface area contributed by atoms with Gasteiger partial charge in [-0.15, -0.1) is 0 Å². The molecule has 0 radical (unpaired) electrons. The van der Waals surface area contributed by atoms with Crippen LogP contribution >= 0.6 is 11.5 Å². The van der Waals surface area contributed by atoms with Crippen molar-refractivity contribution in [2.45, 2.75) is 25.8 Å². The normalized spacial score (nSPS) is 19.4. The highest BCUT2D eigenvalue weighted by atomic mass is 32.1. The Bertz CT molecular complexity index is 1060. The van der Waals surface area contributed by atoms with E-state index < -0.39 is 0 Å². The molecule has 1 unspecified atom stereocenters. The Kier molecular flexibility index (Phi) is 7.05. The van der Waals surface area contributed by atoms with Crippen molar-refractivity contribution < 1.29 is 14.1 Å². The Labute approximate surface area is 203 Å². The Morgan fingerprint density at radius 1 is 1.21 bits per heavy atom. The van der Waals surface area contributed by atoms with Crippen molar-refractivity contribution in [1.82, 2.24) is 24.7 Å². The molecule has 0 aliphatic carbocycles. The van der Waals surface area contributed by atoms with Gasteiger partial charge >= 0.3 is 6.01 Å². The molecule has 1 amide bonds. The van der Waals surface area contributed by atoms with Crippen LogP contribution in [-0.2, 0) is 11.3 Å². The largest absolute Gasteiger partial charge is 0.497 e. The molecule has 0 saturated carbocycles. The third kappa shape index (κ3) is 5.39. The van der Waals surface area contributed by atoms with Gasteiger partial charge < -0.3 is 19.5 Å². The molecule has 2 aliphatic rings. The highest BCUT2D eigenvalue weighted by Crippen LogP contribution is 2.26. The van der Waals surface area contributed by atoms with Gasteiger partial charge in [0.2, 0.25) is 11.7 Å². The first-order valence-electron chi connectivity index (χ1n) is 11.8. The molecule has 0 spiro atoms. The molecule has 5 rings (SSSR count). The molecule has 2 saturated heterocycles. The fraction of sp³-hybridized carbons (Fsp3) is 0.500. The fourth-order valence-electron chi connectivity index (χ4n) is 4.71. The number of carbonyl (C=O) groups excluding carboxylic acids is 1. The molecule has 10 heteroatoms. The summed E-state index contributed by atoms with van der Waals surface area (Å²) in [6.45, 7) is 5.28. The molecule has 1 atom stereocenters. The number of nitrogens with one attached hydrogen (secondary N) is 1. The van der Waals surface area contributed by atoms with Crippen LogP contribution in [0.4, 0.5) is 6.01 Å². The summed E-state index contributed by atoms with van der Waals surface area (Å²) in [5.74, 6) is 2.07. The van der Waals surface area contributed by atoms with Gasteiger partial charge in [0.25, 0.3) is 0 Å². The highest BCUT2D eigenvalue weighted by molar-refractivity contribution is 7.03. The molecule has 3 aromatic rings. The number of anilines is 1. The zero-order valence-corrected chi connectivity index (χ0v) is 20.2. The van der Waals surface area contributed by atoms with Gasteiger partial charge in [-0.05, 0) is 73.1 Å². The third-order valence-electron chi connectivity index (χ3n) is 6.72. The van der Waals surface area contributed by atoms with E-state index in [-0.39, 0.29) is 11.8 Å². The molecule has 2 fully saturated rings. The fourth-order valence-corrected chi connectivity index (χ4v) is 5.24. The first kappa shape index (κ1) is 22.8. The number of aromatic nitrogens is 3. The zero-order chi connectivity index (χ0) is 23.3. The second-order valence-corrected chi connectivity index (χ2v) is 9.72. The van der Waals surface area contributed by atoms with Crippen LogP contribution in [0.25, 0.3) is 11.4 Å². The van der Waals surface area contributed by atoms with E-state index in [0.717, 1.165) is 69.8 Å². The number of methoxy groups -OCH3 is 1. The van der Waals surface area contributed by atoms with Gasteiger partial charge in [0.05, 0.1) is 7.11 Å². The summed E-state index contributed by atoms with van der Waals surface area (Å²) in [4.78, 5) is 21.8. The van der Waals surface area contributed by atoms with E-state index in [1.54, 1.807) is 7.11 Å². The summed E-state index contributed by atoms with van der Waals surface area (Å²) in [5, 5.41) is 9.43. The van der Waals surface area contributed by atoms with Gasteiger partial charge in [-0.2, -0.15) is 4.98 Å². The average Bonchev–Trinajstić information content (AvgIpc) is 3.66. The minimum Gasteiger partial charge on any atom is -0.497 e. The number of nitrogens with zero attached hydrogens (tertiary/aromatic N) is 5. The summed E-state index contributed by atoms with van der Waals surface area (Å²) in [6.07, 6.45) is 4.65. The van der Waals surface area contributed by atoms with E-state index in [1.165, 1.54) is 17.1 Å². The van der Waals surface area contributed by atoms with Crippen LogP contribution < -0.4 is 15.0 Å². The Balaban J connectivity index is 1.05. The van der Waals surface area contributed by atoms with Crippen molar-refractivity contribution in [2.75, 3.05) is 44.7 Å². The van der Waals surface area contributed by atoms with Crippen LogP contribution in [0.2, 0.25) is 0 Å². The molecule has 9 nitrogen and oxygen atoms in total. The summed E-state index contributed by atoms with van der Waals surface area (Å²) in [6, 6.07) is 8.08. The summed E-state index contributed by atoms with van der Waals surface area (Å²) < 4.78 is 14.9. The van der Waals surface area contributed by atoms with E-state index in [4.69, 9.17) is 9.26 Å². The van der Waals surface area contributed by atoms with Crippen LogP contribution in [0.1, 0.15) is 24.8 Å². The second kappa shape index (κ2) is 10.5. The minimum atomic E-state index is 0.0367. The monoisotopic (exact) mass is 482 g/mol. The summed E-state index contributed by atoms with van der Waals surface area (Å²) >= 11 is 1.50. The number of likely N-dealkylation sites (tertiary alicyclic amines) is 1. The lowest BCUT2D eigenvalue weighted by molar-refractivity contribution is -0.125. The number of rotatable bonds is 8. The van der Waals surface area contributed by atoms with Gasteiger partial charge in [0.1, 0.15) is 5.75 Å². The molecular formula is C24H30N6O3S. The van der Waals surface area contributed by atoms with E-state index in [9.17, 15) is 4.79 Å². The maximum Gasteiger partial charge on any atom is 0.324 e. The van der Waals surface area contributed by atoms with Gasteiger partial charge in [-0.3, -0.25) is 9.69 Å². The third-order valence-corrected chi connectivity index (χ3v) is 7.36. The molecule has 4 heterocycles. The maximum atomic E-state index is 12.8. The molecule has 1 aromatic carbocycles. The van der Waals surface area contributed by atoms with Gasteiger partial charge in [0, 0.05) is 55.8 Å². The van der Waals surface area contributed by atoms with Crippen molar-refractivity contribution >= 4 is 23.5 Å². The van der Waals surface area contributed by atoms with E-state index in [2.05, 4.69) is 35.0 Å². The number of piperidine rings is 1. The second-order valence-electron chi connectivity index (χ2n) is 9.06. The highest BCUT2D eigenvalue weighted by Gasteiger charge is 2.29. The quantitative estimate of drug-likeness (QED) is 0.523. The zero-order valence-electron chi connectivity index (χ0n) is 19.4. The number of hydrogen-bond acceptors (Lipinski definition) is 9. The summed E-state index contributed by atoms with van der Waals surface area (Å²) in [7, 11) is 1.64. The van der Waals surface area contributed by atoms with E-state index >= 15 is 0 Å². The molecule has 2 aromatic heterocycles. The maximum absolute atomic E-state index is 12.8. The van der Waals surface area contributed by atoms with Crippen molar-refractivity contribution in [3.8, 4) is 17.1 Å². The number of benzene rings is 1. The first-order valence-corrected chi connectivity index (χ1v) is 12.6. The Morgan fingerprint density at radius 2 is 2.03 bits per heavy atom. The van der Waals surface area contributed by atoms with Crippen molar-refractivity contribution in [3.63, 3.8) is 0 Å². The number of amides is 1. The minimum absolute atomic E-state index is 0.0367. The Hall–Kier alpha value is -2.98. The molecule has 34 heavy (non-hydrogen) atoms. The first-order chi connectivity index (χ1) is 16.7. The van der Waals surface area contributed by atoms with Gasteiger partial charge in [-0.25, -0.2) is 4.37 Å². The lowest BCUT2D eigenvalue weighted by Crippen LogP contribution is -2.42. The number of carbonyl (C=O) groups is 1. The van der Waals surface area contributed by atoms with Crippen LogP contribution in [0, 0.1) is 11.8 Å². The van der Waals surface area contributed by atoms with Gasteiger partial charge in [-0.1, -0.05) is 5.16 Å². The van der Waals surface area contributed by atoms with Crippen LogP contribution in [0.15, 0.2) is 40.4 Å². The summed E-state index contributed by atoms with van der Waals surface area (Å²) in [5.41, 5.74) is 2.15.